The van der Waals surface area contributed by atoms with Crippen molar-refractivity contribution in [2.24, 2.45) is 0 Å². The highest BCUT2D eigenvalue weighted by Crippen LogP contribution is 2.26. The lowest BCUT2D eigenvalue weighted by atomic mass is 10.1. The van der Waals surface area contributed by atoms with Gasteiger partial charge in [-0.25, -0.2) is 0 Å². The second kappa shape index (κ2) is 7.75. The standard InChI is InChI=1S/C11H22OS2/c1-2-3-4-5-6-8-11-13-9-7-10-14(11)12/h11H,2-10H2,1H3/t11-,14?/m0/s1. The first-order chi connectivity index (χ1) is 6.84. The summed E-state index contributed by atoms with van der Waals surface area (Å²) in [4.78, 5) is 0. The van der Waals surface area contributed by atoms with Gasteiger partial charge < -0.3 is 0 Å². The highest BCUT2D eigenvalue weighted by atomic mass is 32.2. The molecule has 1 nitrogen and oxygen atoms in total. The molecule has 0 amide bonds. The average Bonchev–Trinajstić information content (AvgIpc) is 2.20. The van der Waals surface area contributed by atoms with Gasteiger partial charge in [0.05, 0.1) is 4.58 Å². The van der Waals surface area contributed by atoms with E-state index in [0.29, 0.717) is 4.58 Å². The van der Waals surface area contributed by atoms with Gasteiger partial charge in [0.25, 0.3) is 0 Å². The Balaban J connectivity index is 2.02. The summed E-state index contributed by atoms with van der Waals surface area (Å²) in [6.07, 6.45) is 8.99. The lowest BCUT2D eigenvalue weighted by molar-refractivity contribution is 0.615. The van der Waals surface area contributed by atoms with Crippen LogP contribution in [-0.2, 0) is 10.8 Å². The Kier molecular flexibility index (Phi) is 6.96. The zero-order valence-corrected chi connectivity index (χ0v) is 10.8. The van der Waals surface area contributed by atoms with Crippen molar-refractivity contribution in [1.29, 1.82) is 0 Å². The molecule has 0 saturated carbocycles. The first-order valence-corrected chi connectivity index (χ1v) is 8.26. The molecule has 0 spiro atoms. The van der Waals surface area contributed by atoms with Gasteiger partial charge in [-0.15, -0.1) is 11.8 Å². The summed E-state index contributed by atoms with van der Waals surface area (Å²) in [5.41, 5.74) is 0. The Labute approximate surface area is 94.9 Å². The molecule has 0 radical (unpaired) electrons. The molecule has 0 aliphatic carbocycles. The highest BCUT2D eigenvalue weighted by molar-refractivity contribution is 8.11. The molecule has 84 valence electrons. The predicted molar refractivity (Wildman–Crippen MR) is 67.2 cm³/mol. The largest absolute Gasteiger partial charge is 0.258 e. The van der Waals surface area contributed by atoms with E-state index in [1.165, 1.54) is 44.3 Å². The van der Waals surface area contributed by atoms with Gasteiger partial charge in [-0.1, -0.05) is 39.0 Å². The monoisotopic (exact) mass is 234 g/mol. The van der Waals surface area contributed by atoms with Crippen molar-refractivity contribution in [3.8, 4) is 0 Å². The molecule has 0 N–H and O–H groups in total. The number of thioether (sulfide) groups is 1. The van der Waals surface area contributed by atoms with Gasteiger partial charge >= 0.3 is 0 Å². The topological polar surface area (TPSA) is 17.1 Å². The van der Waals surface area contributed by atoms with Crippen molar-refractivity contribution in [3.63, 3.8) is 0 Å². The van der Waals surface area contributed by atoms with Crippen molar-refractivity contribution in [3.05, 3.63) is 0 Å². The van der Waals surface area contributed by atoms with E-state index < -0.39 is 10.8 Å². The average molecular weight is 234 g/mol. The van der Waals surface area contributed by atoms with Gasteiger partial charge in [0.2, 0.25) is 0 Å². The van der Waals surface area contributed by atoms with Crippen LogP contribution in [0, 0.1) is 0 Å². The number of hydrogen-bond donors (Lipinski definition) is 0. The van der Waals surface area contributed by atoms with Gasteiger partial charge in [0.15, 0.2) is 0 Å². The van der Waals surface area contributed by atoms with Crippen LogP contribution in [0.15, 0.2) is 0 Å². The van der Waals surface area contributed by atoms with E-state index in [2.05, 4.69) is 6.92 Å². The third kappa shape index (κ3) is 4.83. The summed E-state index contributed by atoms with van der Waals surface area (Å²) in [6.45, 7) is 2.24. The molecule has 2 atom stereocenters. The second-order valence-electron chi connectivity index (χ2n) is 3.94. The van der Waals surface area contributed by atoms with E-state index in [-0.39, 0.29) is 0 Å². The summed E-state index contributed by atoms with van der Waals surface area (Å²) in [5, 5.41) is 0. The first-order valence-electron chi connectivity index (χ1n) is 5.83. The molecule has 1 rings (SSSR count). The predicted octanol–water partition coefficient (Wildman–Crippen LogP) is 3.56. The SMILES string of the molecule is CCCCCCC[C@H]1SCCCS1=O. The molecule has 1 saturated heterocycles. The third-order valence-corrected chi connectivity index (χ3v) is 6.33. The molecule has 3 heteroatoms. The Morgan fingerprint density at radius 3 is 2.79 bits per heavy atom. The molecule has 0 aromatic carbocycles. The lowest BCUT2D eigenvalue weighted by Gasteiger charge is -2.20. The van der Waals surface area contributed by atoms with Crippen LogP contribution >= 0.6 is 11.8 Å². The number of rotatable bonds is 6. The summed E-state index contributed by atoms with van der Waals surface area (Å²) in [5.74, 6) is 2.18. The minimum Gasteiger partial charge on any atom is -0.258 e. The van der Waals surface area contributed by atoms with Gasteiger partial charge in [-0.3, -0.25) is 4.21 Å². The minimum absolute atomic E-state index is 0.463. The Morgan fingerprint density at radius 1 is 1.29 bits per heavy atom. The molecule has 14 heavy (non-hydrogen) atoms. The molecule has 0 aromatic rings. The Morgan fingerprint density at radius 2 is 2.07 bits per heavy atom. The van der Waals surface area contributed by atoms with Crippen LogP contribution in [-0.4, -0.2) is 20.3 Å². The van der Waals surface area contributed by atoms with E-state index >= 15 is 0 Å². The van der Waals surface area contributed by atoms with Crippen molar-refractivity contribution in [2.45, 2.75) is 56.5 Å². The molecule has 1 unspecified atom stereocenters. The summed E-state index contributed by atoms with van der Waals surface area (Å²) in [7, 11) is -0.522. The van der Waals surface area contributed by atoms with E-state index in [4.69, 9.17) is 0 Å². The zero-order chi connectivity index (χ0) is 10.2. The van der Waals surface area contributed by atoms with Crippen molar-refractivity contribution < 1.29 is 4.21 Å². The smallest absolute Gasteiger partial charge is 0.0801 e. The van der Waals surface area contributed by atoms with Crippen LogP contribution < -0.4 is 0 Å². The Bertz CT molecular complexity index is 171. The van der Waals surface area contributed by atoms with Crippen LogP contribution in [0.2, 0.25) is 0 Å². The maximum absolute atomic E-state index is 11.6. The summed E-state index contributed by atoms with van der Waals surface area (Å²) >= 11 is 1.93. The quantitative estimate of drug-likeness (QED) is 0.654. The maximum atomic E-state index is 11.6. The summed E-state index contributed by atoms with van der Waals surface area (Å²) in [6, 6.07) is 0. The highest BCUT2D eigenvalue weighted by Gasteiger charge is 2.20. The van der Waals surface area contributed by atoms with E-state index in [0.717, 1.165) is 12.2 Å². The lowest BCUT2D eigenvalue weighted by Crippen LogP contribution is -2.20. The van der Waals surface area contributed by atoms with Crippen molar-refractivity contribution in [2.75, 3.05) is 11.5 Å². The van der Waals surface area contributed by atoms with Gasteiger partial charge in [-0.2, -0.15) is 0 Å². The molecular weight excluding hydrogens is 212 g/mol. The maximum Gasteiger partial charge on any atom is 0.0801 e. The molecule has 1 heterocycles. The fourth-order valence-electron chi connectivity index (χ4n) is 1.75. The van der Waals surface area contributed by atoms with Crippen molar-refractivity contribution in [1.82, 2.24) is 0 Å². The molecule has 1 fully saturated rings. The van der Waals surface area contributed by atoms with E-state index in [1.807, 2.05) is 11.8 Å². The fraction of sp³-hybridized carbons (Fsp3) is 1.00. The second-order valence-corrected chi connectivity index (χ2v) is 7.29. The number of hydrogen-bond acceptors (Lipinski definition) is 2. The first kappa shape index (κ1) is 12.6. The van der Waals surface area contributed by atoms with E-state index in [1.54, 1.807) is 0 Å². The fourth-order valence-corrected chi connectivity index (χ4v) is 5.15. The molecule has 1 aliphatic heterocycles. The van der Waals surface area contributed by atoms with Gasteiger partial charge in [-0.05, 0) is 18.6 Å². The minimum atomic E-state index is -0.522. The van der Waals surface area contributed by atoms with Crippen LogP contribution in [0.3, 0.4) is 0 Å². The normalized spacial score (nSPS) is 27.8. The zero-order valence-electron chi connectivity index (χ0n) is 9.17. The van der Waals surface area contributed by atoms with E-state index in [9.17, 15) is 4.21 Å². The van der Waals surface area contributed by atoms with Gasteiger partial charge in [0, 0.05) is 16.6 Å². The van der Waals surface area contributed by atoms with Crippen LogP contribution in [0.4, 0.5) is 0 Å². The summed E-state index contributed by atoms with van der Waals surface area (Å²) < 4.78 is 12.1. The molecular formula is C11H22OS2. The van der Waals surface area contributed by atoms with Crippen LogP contribution in [0.5, 0.6) is 0 Å². The molecule has 0 aromatic heterocycles. The Hall–Kier alpha value is 0.500. The molecule has 0 bridgehead atoms. The molecule has 1 aliphatic rings. The van der Waals surface area contributed by atoms with Crippen LogP contribution in [0.1, 0.15) is 51.9 Å². The number of unbranched alkanes of at least 4 members (excludes halogenated alkanes) is 4. The van der Waals surface area contributed by atoms with Gasteiger partial charge in [0.1, 0.15) is 0 Å². The third-order valence-electron chi connectivity index (χ3n) is 2.63. The van der Waals surface area contributed by atoms with Crippen molar-refractivity contribution >= 4 is 22.6 Å². The van der Waals surface area contributed by atoms with Crippen LogP contribution in [0.25, 0.3) is 0 Å².